The number of benzene rings is 1. The zero-order chi connectivity index (χ0) is 32.0. The number of esters is 1. The maximum Gasteiger partial charge on any atom is 0.313 e. The number of likely N-dealkylation sites (tertiary alicyclic amines) is 1. The van der Waals surface area contributed by atoms with Crippen molar-refractivity contribution in [2.45, 2.75) is 80.7 Å². The second-order valence-corrected chi connectivity index (χ2v) is 13.0. The largest absolute Gasteiger partial charge is 0.455 e. The van der Waals surface area contributed by atoms with E-state index < -0.39 is 53.6 Å². The van der Waals surface area contributed by atoms with Crippen LogP contribution >= 0.6 is 15.9 Å². The fraction of sp³-hybridized carbons (Fsp3) is 0.576. The van der Waals surface area contributed by atoms with E-state index in [9.17, 15) is 24.3 Å². The lowest BCUT2D eigenvalue weighted by atomic mass is 9.70. The number of ether oxygens (including phenoxy) is 2. The molecule has 44 heavy (non-hydrogen) atoms. The van der Waals surface area contributed by atoms with E-state index in [-0.39, 0.29) is 36.2 Å². The zero-order valence-corrected chi connectivity index (χ0v) is 27.1. The summed E-state index contributed by atoms with van der Waals surface area (Å²) in [7, 11) is 0. The fourth-order valence-electron chi connectivity index (χ4n) is 6.94. The number of hydrogen-bond acceptors (Lipinski definition) is 7. The molecule has 3 saturated heterocycles. The Kier molecular flexibility index (Phi) is 11.4. The van der Waals surface area contributed by atoms with Crippen molar-refractivity contribution in [1.29, 1.82) is 0 Å². The molecule has 3 aliphatic heterocycles. The number of fused-ring (bicyclic) bond motifs is 1. The maximum absolute atomic E-state index is 14.2. The molecular formula is C33H44BrN3O7. The lowest BCUT2D eigenvalue weighted by molar-refractivity contribution is -0.162. The van der Waals surface area contributed by atoms with Gasteiger partial charge in [0.25, 0.3) is 0 Å². The Balaban J connectivity index is 1.66. The van der Waals surface area contributed by atoms with Gasteiger partial charge in [-0.2, -0.15) is 0 Å². The predicted molar refractivity (Wildman–Crippen MR) is 168 cm³/mol. The predicted octanol–water partition coefficient (Wildman–Crippen LogP) is 3.30. The second kappa shape index (κ2) is 14.8. The quantitative estimate of drug-likeness (QED) is 0.157. The van der Waals surface area contributed by atoms with E-state index in [2.05, 4.69) is 34.4 Å². The van der Waals surface area contributed by atoms with Crippen molar-refractivity contribution < 1.29 is 33.8 Å². The number of rotatable bonds is 16. The molecule has 1 unspecified atom stereocenters. The molecule has 3 fully saturated rings. The summed E-state index contributed by atoms with van der Waals surface area (Å²) in [6, 6.07) is 7.56. The van der Waals surface area contributed by atoms with Crippen LogP contribution in [0.2, 0.25) is 0 Å². The molecule has 8 atom stereocenters. The minimum Gasteiger partial charge on any atom is -0.455 e. The summed E-state index contributed by atoms with van der Waals surface area (Å²) in [6.07, 6.45) is 4.56. The molecule has 1 spiro atoms. The summed E-state index contributed by atoms with van der Waals surface area (Å²) in [6.45, 7) is 11.7. The van der Waals surface area contributed by atoms with Crippen molar-refractivity contribution in [3.8, 4) is 0 Å². The van der Waals surface area contributed by atoms with Crippen molar-refractivity contribution in [2.75, 3.05) is 26.2 Å². The summed E-state index contributed by atoms with van der Waals surface area (Å²) in [5.41, 5.74) is -0.570. The average Bonchev–Trinajstić information content (AvgIpc) is 3.60. The van der Waals surface area contributed by atoms with E-state index in [1.807, 2.05) is 37.3 Å². The van der Waals surface area contributed by atoms with Crippen LogP contribution in [0.3, 0.4) is 0 Å². The molecule has 0 aliphatic carbocycles. The molecule has 240 valence electrons. The van der Waals surface area contributed by atoms with Gasteiger partial charge in [-0.1, -0.05) is 71.8 Å². The van der Waals surface area contributed by atoms with E-state index in [0.29, 0.717) is 31.5 Å². The third-order valence-corrected chi connectivity index (χ3v) is 9.71. The summed E-state index contributed by atoms with van der Waals surface area (Å²) < 4.78 is 12.7. The number of alkyl halides is 1. The van der Waals surface area contributed by atoms with Crippen LogP contribution in [0, 0.1) is 11.8 Å². The summed E-state index contributed by atoms with van der Waals surface area (Å²) in [4.78, 5) is 57.7. The van der Waals surface area contributed by atoms with Gasteiger partial charge in [-0.25, -0.2) is 0 Å². The first-order chi connectivity index (χ1) is 21.1. The Morgan fingerprint density at radius 1 is 1.27 bits per heavy atom. The van der Waals surface area contributed by atoms with E-state index in [4.69, 9.17) is 9.47 Å². The number of hydrogen-bond donors (Lipinski definition) is 2. The van der Waals surface area contributed by atoms with Crippen molar-refractivity contribution in [3.05, 3.63) is 61.2 Å². The van der Waals surface area contributed by atoms with Gasteiger partial charge in [0.15, 0.2) is 0 Å². The number of amides is 3. The Hall–Kier alpha value is -3.02. The zero-order valence-electron chi connectivity index (χ0n) is 25.5. The molecular weight excluding hydrogens is 630 g/mol. The van der Waals surface area contributed by atoms with Crippen LogP contribution in [-0.2, 0) is 28.7 Å². The topological polar surface area (TPSA) is 125 Å². The molecule has 2 N–H and O–H groups in total. The first kappa shape index (κ1) is 33.9. The number of nitrogens with zero attached hydrogens (tertiary/aromatic N) is 2. The summed E-state index contributed by atoms with van der Waals surface area (Å²) >= 11 is 3.68. The van der Waals surface area contributed by atoms with Gasteiger partial charge >= 0.3 is 5.97 Å². The minimum absolute atomic E-state index is 0.0631. The van der Waals surface area contributed by atoms with Gasteiger partial charge in [-0.3, -0.25) is 19.2 Å². The van der Waals surface area contributed by atoms with Crippen LogP contribution < -0.4 is 5.32 Å². The monoisotopic (exact) mass is 673 g/mol. The molecule has 0 aromatic heterocycles. The molecule has 10 nitrogen and oxygen atoms in total. The molecule has 0 saturated carbocycles. The van der Waals surface area contributed by atoms with Gasteiger partial charge in [0, 0.05) is 30.9 Å². The van der Waals surface area contributed by atoms with E-state index >= 15 is 0 Å². The molecule has 3 amide bonds. The van der Waals surface area contributed by atoms with E-state index in [1.54, 1.807) is 24.0 Å². The van der Waals surface area contributed by atoms with Crippen LogP contribution in [0.1, 0.15) is 57.6 Å². The highest BCUT2D eigenvalue weighted by molar-refractivity contribution is 9.09. The van der Waals surface area contributed by atoms with Gasteiger partial charge in [0.1, 0.15) is 17.7 Å². The first-order valence-electron chi connectivity index (χ1n) is 15.4. The number of halogens is 1. The minimum atomic E-state index is -1.26. The Morgan fingerprint density at radius 3 is 2.64 bits per heavy atom. The van der Waals surface area contributed by atoms with Crippen LogP contribution in [-0.4, -0.2) is 93.5 Å². The third kappa shape index (κ3) is 6.50. The van der Waals surface area contributed by atoms with Crippen molar-refractivity contribution in [2.24, 2.45) is 11.8 Å². The number of carbonyl (C=O) groups excluding carboxylic acids is 4. The Labute approximate surface area is 267 Å². The highest BCUT2D eigenvalue weighted by Crippen LogP contribution is 2.60. The number of aliphatic hydroxyl groups is 1. The van der Waals surface area contributed by atoms with Crippen LogP contribution in [0.15, 0.2) is 55.6 Å². The standard InChI is InChI=1S/C33H44BrN3O7/c1-5-8-15-24(39)35-21(4)27(22-13-11-10-12-14-22)43-32(42)25-26-30(40)37(18-19-38)29(33(26)20-23(34)28(25)44-33)31(41)36(16-7-3)17-9-6-2/h5,7,10-14,21,23,25-29,38H,1,3,6,8-9,15-20H2,2,4H3,(H,35,39)/t21-,23?,25+,26-,27-,28+,29+,33-/m0/s1. The van der Waals surface area contributed by atoms with Crippen molar-refractivity contribution in [1.82, 2.24) is 15.1 Å². The smallest absolute Gasteiger partial charge is 0.313 e. The second-order valence-electron chi connectivity index (χ2n) is 11.8. The van der Waals surface area contributed by atoms with Crippen LogP contribution in [0.5, 0.6) is 0 Å². The van der Waals surface area contributed by atoms with Gasteiger partial charge in [0.2, 0.25) is 17.7 Å². The molecule has 3 aliphatic rings. The molecule has 3 heterocycles. The van der Waals surface area contributed by atoms with Crippen molar-refractivity contribution in [3.63, 3.8) is 0 Å². The van der Waals surface area contributed by atoms with Gasteiger partial charge in [-0.15, -0.1) is 13.2 Å². The van der Waals surface area contributed by atoms with Gasteiger partial charge in [0.05, 0.1) is 30.6 Å². The molecule has 11 heteroatoms. The van der Waals surface area contributed by atoms with Crippen LogP contribution in [0.25, 0.3) is 0 Å². The maximum atomic E-state index is 14.2. The number of β-amino-alcohol motifs (C(OH)–C–C–N with tert-alkyl or cyclic N) is 1. The Morgan fingerprint density at radius 2 is 2.00 bits per heavy atom. The van der Waals surface area contributed by atoms with Crippen molar-refractivity contribution >= 4 is 39.6 Å². The van der Waals surface area contributed by atoms with E-state index in [0.717, 1.165) is 12.8 Å². The number of aliphatic hydroxyl groups excluding tert-OH is 1. The fourth-order valence-corrected chi connectivity index (χ4v) is 7.88. The average molecular weight is 675 g/mol. The molecule has 1 aromatic rings. The summed E-state index contributed by atoms with van der Waals surface area (Å²) in [5.74, 6) is -3.46. The number of nitrogens with one attached hydrogen (secondary N) is 1. The molecule has 1 aromatic carbocycles. The SMILES string of the molecule is C=CCCC(=O)N[C@@H](C)[C@H](OC(=O)[C@H]1[C@@H]2O[C@@]3(CC2Br)[C@@H]1C(=O)N(CCO)[C@@H]3C(=O)N(CC=C)CCCC)c1ccccc1. The Bertz CT molecular complexity index is 1230. The highest BCUT2D eigenvalue weighted by atomic mass is 79.9. The van der Waals surface area contributed by atoms with E-state index in [1.165, 1.54) is 4.90 Å². The number of carbonyl (C=O) groups is 4. The summed E-state index contributed by atoms with van der Waals surface area (Å²) in [5, 5.41) is 12.8. The lowest BCUT2D eigenvalue weighted by Crippen LogP contribution is -2.57. The number of allylic oxidation sites excluding steroid dienone is 1. The number of unbranched alkanes of at least 4 members (excludes halogenated alkanes) is 1. The molecule has 2 bridgehead atoms. The highest BCUT2D eigenvalue weighted by Gasteiger charge is 2.77. The first-order valence-corrected chi connectivity index (χ1v) is 16.3. The van der Waals surface area contributed by atoms with Gasteiger partial charge in [-0.05, 0) is 31.7 Å². The molecule has 0 radical (unpaired) electrons. The van der Waals surface area contributed by atoms with Gasteiger partial charge < -0.3 is 29.7 Å². The molecule has 4 rings (SSSR count). The normalized spacial score (nSPS) is 28.2. The lowest BCUT2D eigenvalue weighted by Gasteiger charge is -2.37. The third-order valence-electron chi connectivity index (χ3n) is 8.87. The van der Waals surface area contributed by atoms with Crippen LogP contribution in [0.4, 0.5) is 0 Å².